The van der Waals surface area contributed by atoms with Crippen molar-refractivity contribution in [2.75, 3.05) is 25.5 Å². The Morgan fingerprint density at radius 1 is 1.41 bits per heavy atom. The van der Waals surface area contributed by atoms with E-state index in [1.807, 2.05) is 6.07 Å². The Kier molecular flexibility index (Phi) is 6.03. The Morgan fingerprint density at radius 3 is 2.94 bits per heavy atom. The molecule has 0 atom stereocenters. The number of hydrogen-bond donors (Lipinski definition) is 3. The fourth-order valence-corrected chi connectivity index (χ4v) is 1.47. The third kappa shape index (κ3) is 4.82. The number of hydrogen-bond acceptors (Lipinski definition) is 4. The quantitative estimate of drug-likeness (QED) is 0.617. The van der Waals surface area contributed by atoms with Crippen molar-refractivity contribution in [3.63, 3.8) is 0 Å². The van der Waals surface area contributed by atoms with Crippen LogP contribution >= 0.6 is 0 Å². The van der Waals surface area contributed by atoms with E-state index in [9.17, 15) is 4.79 Å². The van der Waals surface area contributed by atoms with Crippen molar-refractivity contribution in [1.82, 2.24) is 10.3 Å². The third-order valence-corrected chi connectivity index (χ3v) is 2.43. The Balaban J connectivity index is 2.40. The molecule has 0 fully saturated rings. The molecule has 0 spiro atoms. The van der Waals surface area contributed by atoms with Gasteiger partial charge in [-0.1, -0.05) is 6.42 Å². The molecule has 0 saturated carbocycles. The molecule has 94 valence electrons. The number of pyridine rings is 1. The minimum atomic E-state index is -0.170. The molecular weight excluding hydrogens is 216 g/mol. The fourth-order valence-electron chi connectivity index (χ4n) is 1.47. The Morgan fingerprint density at radius 2 is 2.24 bits per heavy atom. The van der Waals surface area contributed by atoms with E-state index >= 15 is 0 Å². The summed E-state index contributed by atoms with van der Waals surface area (Å²) in [5.74, 6) is -0.170. The lowest BCUT2D eigenvalue weighted by atomic mass is 10.2. The molecule has 5 nitrogen and oxygen atoms in total. The first-order chi connectivity index (χ1) is 8.27. The summed E-state index contributed by atoms with van der Waals surface area (Å²) in [7, 11) is 1.59. The average Bonchev–Trinajstić information content (AvgIpc) is 2.38. The van der Waals surface area contributed by atoms with Crippen LogP contribution in [0.15, 0.2) is 18.3 Å². The Bertz CT molecular complexity index is 354. The van der Waals surface area contributed by atoms with Gasteiger partial charge in [-0.05, 0) is 31.5 Å². The summed E-state index contributed by atoms with van der Waals surface area (Å²) < 4.78 is 0. The van der Waals surface area contributed by atoms with E-state index < -0.39 is 0 Å². The molecule has 1 heterocycles. The third-order valence-electron chi connectivity index (χ3n) is 2.43. The lowest BCUT2D eigenvalue weighted by molar-refractivity contribution is 0.0958. The van der Waals surface area contributed by atoms with Gasteiger partial charge in [-0.3, -0.25) is 9.78 Å². The van der Waals surface area contributed by atoms with Gasteiger partial charge in [-0.25, -0.2) is 0 Å². The molecule has 1 aromatic rings. The van der Waals surface area contributed by atoms with Crippen molar-refractivity contribution in [2.24, 2.45) is 5.73 Å². The molecule has 0 aliphatic rings. The van der Waals surface area contributed by atoms with Gasteiger partial charge in [0.15, 0.2) is 0 Å². The van der Waals surface area contributed by atoms with Crippen molar-refractivity contribution < 1.29 is 4.79 Å². The average molecular weight is 236 g/mol. The molecule has 0 bridgehead atoms. The summed E-state index contributed by atoms with van der Waals surface area (Å²) >= 11 is 0. The summed E-state index contributed by atoms with van der Waals surface area (Å²) in [6, 6.07) is 3.61. The van der Waals surface area contributed by atoms with Crippen molar-refractivity contribution in [3.05, 3.63) is 24.0 Å². The zero-order chi connectivity index (χ0) is 12.5. The van der Waals surface area contributed by atoms with Crippen LogP contribution < -0.4 is 16.4 Å². The maximum atomic E-state index is 11.4. The van der Waals surface area contributed by atoms with Crippen molar-refractivity contribution in [2.45, 2.75) is 19.3 Å². The summed E-state index contributed by atoms with van der Waals surface area (Å²) in [6.45, 7) is 1.63. The van der Waals surface area contributed by atoms with Crippen LogP contribution in [-0.4, -0.2) is 31.0 Å². The van der Waals surface area contributed by atoms with E-state index in [0.29, 0.717) is 5.69 Å². The lowest BCUT2D eigenvalue weighted by Crippen LogP contribution is -2.19. The molecule has 0 aromatic carbocycles. The summed E-state index contributed by atoms with van der Waals surface area (Å²) in [5.41, 5.74) is 6.77. The minimum absolute atomic E-state index is 0.170. The summed E-state index contributed by atoms with van der Waals surface area (Å²) in [5, 5.41) is 5.81. The molecule has 5 heteroatoms. The molecule has 0 unspecified atom stereocenters. The normalized spacial score (nSPS) is 10.0. The highest BCUT2D eigenvalue weighted by atomic mass is 16.1. The van der Waals surface area contributed by atoms with Crippen molar-refractivity contribution in [3.8, 4) is 0 Å². The molecule has 1 amide bonds. The monoisotopic (exact) mass is 236 g/mol. The number of aromatic nitrogens is 1. The number of nitrogens with one attached hydrogen (secondary N) is 2. The van der Waals surface area contributed by atoms with Crippen LogP contribution in [0.5, 0.6) is 0 Å². The predicted octanol–water partition coefficient (Wildman–Crippen LogP) is 0.982. The lowest BCUT2D eigenvalue weighted by Gasteiger charge is -2.07. The van der Waals surface area contributed by atoms with Gasteiger partial charge >= 0.3 is 0 Å². The molecule has 4 N–H and O–H groups in total. The number of anilines is 1. The van der Waals surface area contributed by atoms with Gasteiger partial charge in [0.2, 0.25) is 0 Å². The van der Waals surface area contributed by atoms with Gasteiger partial charge in [0, 0.05) is 25.5 Å². The molecule has 0 saturated heterocycles. The number of nitrogens with two attached hydrogens (primary N) is 1. The standard InChI is InChI=1S/C12H20N4O/c1-14-12(17)11-9-10(5-8-16-11)15-7-4-2-3-6-13/h5,8-9H,2-4,6-7,13H2,1H3,(H,14,17)(H,15,16). The predicted molar refractivity (Wildman–Crippen MR) is 69.0 cm³/mol. The number of rotatable bonds is 7. The second-order valence-corrected chi connectivity index (χ2v) is 3.78. The molecule has 0 radical (unpaired) electrons. The van der Waals surface area contributed by atoms with Crippen LogP contribution in [0.3, 0.4) is 0 Å². The largest absolute Gasteiger partial charge is 0.385 e. The van der Waals surface area contributed by atoms with Gasteiger partial charge in [0.05, 0.1) is 0 Å². The van der Waals surface area contributed by atoms with Crippen LogP contribution in [0, 0.1) is 0 Å². The van der Waals surface area contributed by atoms with E-state index in [4.69, 9.17) is 5.73 Å². The second kappa shape index (κ2) is 7.62. The van der Waals surface area contributed by atoms with Gasteiger partial charge in [-0.15, -0.1) is 0 Å². The highest BCUT2D eigenvalue weighted by Gasteiger charge is 2.04. The number of nitrogens with zero attached hydrogens (tertiary/aromatic N) is 1. The van der Waals surface area contributed by atoms with Gasteiger partial charge in [-0.2, -0.15) is 0 Å². The minimum Gasteiger partial charge on any atom is -0.385 e. The highest BCUT2D eigenvalue weighted by Crippen LogP contribution is 2.08. The highest BCUT2D eigenvalue weighted by molar-refractivity contribution is 5.92. The second-order valence-electron chi connectivity index (χ2n) is 3.78. The SMILES string of the molecule is CNC(=O)c1cc(NCCCCCN)ccn1. The van der Waals surface area contributed by atoms with Crippen LogP contribution in [-0.2, 0) is 0 Å². The molecular formula is C12H20N4O. The first kappa shape index (κ1) is 13.4. The maximum Gasteiger partial charge on any atom is 0.269 e. The number of carbonyl (C=O) groups excluding carboxylic acids is 1. The van der Waals surface area contributed by atoms with E-state index in [0.717, 1.165) is 38.0 Å². The zero-order valence-electron chi connectivity index (χ0n) is 10.2. The van der Waals surface area contributed by atoms with Crippen LogP contribution in [0.2, 0.25) is 0 Å². The zero-order valence-corrected chi connectivity index (χ0v) is 10.2. The first-order valence-corrected chi connectivity index (χ1v) is 5.90. The Hall–Kier alpha value is -1.62. The van der Waals surface area contributed by atoms with E-state index in [2.05, 4.69) is 15.6 Å². The first-order valence-electron chi connectivity index (χ1n) is 5.90. The van der Waals surface area contributed by atoms with Gasteiger partial charge in [0.25, 0.3) is 5.91 Å². The van der Waals surface area contributed by atoms with Crippen molar-refractivity contribution >= 4 is 11.6 Å². The molecule has 0 aliphatic carbocycles. The number of unbranched alkanes of at least 4 members (excludes halogenated alkanes) is 2. The smallest absolute Gasteiger partial charge is 0.269 e. The van der Waals surface area contributed by atoms with Gasteiger partial charge in [0.1, 0.15) is 5.69 Å². The molecule has 1 rings (SSSR count). The number of amides is 1. The summed E-state index contributed by atoms with van der Waals surface area (Å²) in [6.07, 6.45) is 4.89. The molecule has 0 aliphatic heterocycles. The van der Waals surface area contributed by atoms with E-state index in [-0.39, 0.29) is 5.91 Å². The maximum absolute atomic E-state index is 11.4. The Labute approximate surface area is 102 Å². The van der Waals surface area contributed by atoms with E-state index in [1.54, 1.807) is 19.3 Å². The topological polar surface area (TPSA) is 80.0 Å². The summed E-state index contributed by atoms with van der Waals surface area (Å²) in [4.78, 5) is 15.4. The van der Waals surface area contributed by atoms with Crippen LogP contribution in [0.1, 0.15) is 29.8 Å². The molecule has 1 aromatic heterocycles. The van der Waals surface area contributed by atoms with Crippen LogP contribution in [0.25, 0.3) is 0 Å². The number of carbonyl (C=O) groups is 1. The van der Waals surface area contributed by atoms with Gasteiger partial charge < -0.3 is 16.4 Å². The van der Waals surface area contributed by atoms with E-state index in [1.165, 1.54) is 0 Å². The van der Waals surface area contributed by atoms with Crippen molar-refractivity contribution in [1.29, 1.82) is 0 Å². The fraction of sp³-hybridized carbons (Fsp3) is 0.500. The molecule has 17 heavy (non-hydrogen) atoms. The van der Waals surface area contributed by atoms with Crippen LogP contribution in [0.4, 0.5) is 5.69 Å².